The van der Waals surface area contributed by atoms with Gasteiger partial charge in [0, 0.05) is 4.90 Å². The molecule has 1 amide bonds. The number of thioether (sulfide) groups is 1. The highest BCUT2D eigenvalue weighted by Crippen LogP contribution is 2.19. The highest BCUT2D eigenvalue weighted by Gasteiger charge is 2.11. The van der Waals surface area contributed by atoms with Crippen LogP contribution in [0.3, 0.4) is 0 Å². The van der Waals surface area contributed by atoms with Crippen molar-refractivity contribution in [1.29, 1.82) is 0 Å². The van der Waals surface area contributed by atoms with Gasteiger partial charge in [-0.05, 0) is 54.8 Å². The number of nitrogens with one attached hydrogen (secondary N) is 1. The third kappa shape index (κ3) is 4.92. The summed E-state index contributed by atoms with van der Waals surface area (Å²) in [6.45, 7) is 4.11. The van der Waals surface area contributed by atoms with Gasteiger partial charge in [-0.3, -0.25) is 10.1 Å². The molecule has 0 fully saturated rings. The molecule has 134 valence electrons. The van der Waals surface area contributed by atoms with E-state index in [4.69, 9.17) is 4.42 Å². The average molecular weight is 371 g/mol. The number of rotatable bonds is 6. The minimum absolute atomic E-state index is 0.0774. The lowest BCUT2D eigenvalue weighted by atomic mass is 10.0. The van der Waals surface area contributed by atoms with Gasteiger partial charge < -0.3 is 4.42 Å². The Kier molecular flexibility index (Phi) is 5.68. The molecule has 1 aromatic heterocycles. The minimum atomic E-state index is -0.305. The second kappa shape index (κ2) is 8.14. The van der Waals surface area contributed by atoms with Crippen LogP contribution < -0.4 is 5.32 Å². The maximum atomic E-state index is 12.9. The van der Waals surface area contributed by atoms with Crippen molar-refractivity contribution in [1.82, 2.24) is 10.2 Å². The number of nitrogens with zero attached hydrogens (tertiary/aromatic N) is 2. The normalized spacial score (nSPS) is 10.7. The summed E-state index contributed by atoms with van der Waals surface area (Å²) in [5.74, 6) is 0.0388. The van der Waals surface area contributed by atoms with E-state index in [-0.39, 0.29) is 23.5 Å². The first-order valence-electron chi connectivity index (χ1n) is 8.06. The molecule has 0 aliphatic carbocycles. The summed E-state index contributed by atoms with van der Waals surface area (Å²) in [7, 11) is 0. The lowest BCUT2D eigenvalue weighted by Gasteiger charge is -2.03. The fourth-order valence-electron chi connectivity index (χ4n) is 2.30. The Labute approximate surface area is 155 Å². The van der Waals surface area contributed by atoms with Gasteiger partial charge in [-0.15, -0.1) is 16.9 Å². The molecule has 0 aliphatic heterocycles. The van der Waals surface area contributed by atoms with E-state index in [0.29, 0.717) is 12.3 Å². The molecule has 0 radical (unpaired) electrons. The molecule has 0 atom stereocenters. The van der Waals surface area contributed by atoms with E-state index >= 15 is 0 Å². The quantitative estimate of drug-likeness (QED) is 0.660. The molecule has 2 aromatic carbocycles. The minimum Gasteiger partial charge on any atom is -0.407 e. The van der Waals surface area contributed by atoms with Crippen molar-refractivity contribution in [2.45, 2.75) is 25.2 Å². The van der Waals surface area contributed by atoms with E-state index < -0.39 is 0 Å². The number of hydrogen-bond acceptors (Lipinski definition) is 5. The monoisotopic (exact) mass is 371 g/mol. The second-order valence-corrected chi connectivity index (χ2v) is 6.94. The lowest BCUT2D eigenvalue weighted by molar-refractivity contribution is -0.113. The first-order valence-corrected chi connectivity index (χ1v) is 9.05. The molecule has 0 saturated heterocycles. The Morgan fingerprint density at radius 3 is 2.62 bits per heavy atom. The maximum Gasteiger partial charge on any atom is 0.322 e. The molecule has 3 rings (SSSR count). The van der Waals surface area contributed by atoms with E-state index in [2.05, 4.69) is 41.5 Å². The molecule has 1 heterocycles. The van der Waals surface area contributed by atoms with E-state index in [1.807, 2.05) is 6.07 Å². The molecule has 0 aliphatic rings. The van der Waals surface area contributed by atoms with Crippen molar-refractivity contribution >= 4 is 23.7 Å². The van der Waals surface area contributed by atoms with Crippen LogP contribution in [0.5, 0.6) is 0 Å². The van der Waals surface area contributed by atoms with Gasteiger partial charge >= 0.3 is 6.01 Å². The lowest BCUT2D eigenvalue weighted by Crippen LogP contribution is -2.14. The number of benzene rings is 2. The van der Waals surface area contributed by atoms with Crippen LogP contribution in [0, 0.1) is 19.7 Å². The first kappa shape index (κ1) is 18.1. The van der Waals surface area contributed by atoms with Crippen LogP contribution in [0.1, 0.15) is 22.6 Å². The van der Waals surface area contributed by atoms with Gasteiger partial charge in [-0.1, -0.05) is 23.3 Å². The molecular formula is C19H18FN3O2S. The summed E-state index contributed by atoms with van der Waals surface area (Å²) in [5, 5.41) is 10.4. The van der Waals surface area contributed by atoms with Crippen molar-refractivity contribution in [3.8, 4) is 0 Å². The fourth-order valence-corrected chi connectivity index (χ4v) is 3.00. The summed E-state index contributed by atoms with van der Waals surface area (Å²) in [4.78, 5) is 12.8. The third-order valence-corrected chi connectivity index (χ3v) is 4.84. The molecule has 5 nitrogen and oxygen atoms in total. The van der Waals surface area contributed by atoms with Crippen molar-refractivity contribution < 1.29 is 13.6 Å². The number of aromatic nitrogens is 2. The van der Waals surface area contributed by atoms with Crippen molar-refractivity contribution in [3.05, 3.63) is 70.9 Å². The largest absolute Gasteiger partial charge is 0.407 e. The molecule has 0 unspecified atom stereocenters. The topological polar surface area (TPSA) is 68.0 Å². The van der Waals surface area contributed by atoms with E-state index in [1.54, 1.807) is 12.1 Å². The fraction of sp³-hybridized carbons (Fsp3) is 0.211. The second-order valence-electron chi connectivity index (χ2n) is 5.89. The summed E-state index contributed by atoms with van der Waals surface area (Å²) < 4.78 is 18.3. The summed E-state index contributed by atoms with van der Waals surface area (Å²) >= 11 is 1.30. The Bertz CT molecular complexity index is 909. The van der Waals surface area contributed by atoms with Crippen molar-refractivity contribution in [2.75, 3.05) is 11.1 Å². The van der Waals surface area contributed by atoms with Gasteiger partial charge in [0.05, 0.1) is 12.2 Å². The Hall–Kier alpha value is -2.67. The summed E-state index contributed by atoms with van der Waals surface area (Å²) in [6.07, 6.45) is 0.508. The Morgan fingerprint density at radius 1 is 1.12 bits per heavy atom. The van der Waals surface area contributed by atoms with Gasteiger partial charge in [0.1, 0.15) is 5.82 Å². The van der Waals surface area contributed by atoms with Gasteiger partial charge in [-0.2, -0.15) is 0 Å². The highest BCUT2D eigenvalue weighted by molar-refractivity contribution is 8.00. The molecule has 1 N–H and O–H groups in total. The third-order valence-electron chi connectivity index (χ3n) is 3.82. The number of aryl methyl sites for hydroxylation is 2. The first-order chi connectivity index (χ1) is 12.5. The molecule has 0 saturated carbocycles. The highest BCUT2D eigenvalue weighted by atomic mass is 32.2. The summed E-state index contributed by atoms with van der Waals surface area (Å²) in [5.41, 5.74) is 3.50. The standard InChI is InChI=1S/C19H18FN3O2S/c1-12-3-4-14(9-13(12)2)10-18-22-23-19(25-18)21-17(24)11-26-16-7-5-15(20)6-8-16/h3-9H,10-11H2,1-2H3,(H,21,23,24). The molecular weight excluding hydrogens is 353 g/mol. The van der Waals surface area contributed by atoms with Crippen LogP contribution in [0.25, 0.3) is 0 Å². The number of hydrogen-bond donors (Lipinski definition) is 1. The zero-order valence-corrected chi connectivity index (χ0v) is 15.3. The van der Waals surface area contributed by atoms with Crippen LogP contribution in [0.4, 0.5) is 10.4 Å². The van der Waals surface area contributed by atoms with Crippen LogP contribution in [-0.2, 0) is 11.2 Å². The van der Waals surface area contributed by atoms with Crippen LogP contribution in [0.2, 0.25) is 0 Å². The summed E-state index contributed by atoms with van der Waals surface area (Å²) in [6, 6.07) is 12.2. The van der Waals surface area contributed by atoms with Gasteiger partial charge in [0.25, 0.3) is 0 Å². The SMILES string of the molecule is Cc1ccc(Cc2nnc(NC(=O)CSc3ccc(F)cc3)o2)cc1C. The van der Waals surface area contributed by atoms with Gasteiger partial charge in [-0.25, -0.2) is 4.39 Å². The predicted molar refractivity (Wildman–Crippen MR) is 98.8 cm³/mol. The predicted octanol–water partition coefficient (Wildman–Crippen LogP) is 4.15. The molecule has 0 spiro atoms. The van der Waals surface area contributed by atoms with E-state index in [1.165, 1.54) is 35.0 Å². The van der Waals surface area contributed by atoms with Gasteiger partial charge in [0.15, 0.2) is 0 Å². The van der Waals surface area contributed by atoms with Gasteiger partial charge in [0.2, 0.25) is 11.8 Å². The van der Waals surface area contributed by atoms with Crippen LogP contribution >= 0.6 is 11.8 Å². The number of anilines is 1. The zero-order chi connectivity index (χ0) is 18.5. The molecule has 26 heavy (non-hydrogen) atoms. The Balaban J connectivity index is 1.53. The number of carbonyl (C=O) groups is 1. The molecule has 7 heteroatoms. The van der Waals surface area contributed by atoms with Crippen molar-refractivity contribution in [2.24, 2.45) is 0 Å². The number of halogens is 1. The van der Waals surface area contributed by atoms with Crippen molar-refractivity contribution in [3.63, 3.8) is 0 Å². The average Bonchev–Trinajstić information content (AvgIpc) is 3.04. The van der Waals surface area contributed by atoms with E-state index in [9.17, 15) is 9.18 Å². The zero-order valence-electron chi connectivity index (χ0n) is 14.5. The molecule has 0 bridgehead atoms. The number of carbonyl (C=O) groups excluding carboxylic acids is 1. The Morgan fingerprint density at radius 2 is 1.88 bits per heavy atom. The van der Waals surface area contributed by atoms with Crippen LogP contribution in [0.15, 0.2) is 51.8 Å². The maximum absolute atomic E-state index is 12.9. The smallest absolute Gasteiger partial charge is 0.322 e. The van der Waals surface area contributed by atoms with E-state index in [0.717, 1.165) is 10.5 Å². The molecule has 3 aromatic rings. The number of amides is 1. The van der Waals surface area contributed by atoms with Crippen LogP contribution in [-0.4, -0.2) is 21.9 Å².